The minimum atomic E-state index is -0.196. The summed E-state index contributed by atoms with van der Waals surface area (Å²) in [7, 11) is 1.68. The molecule has 5 heteroatoms. The number of methoxy groups -OCH3 is 1. The van der Waals surface area contributed by atoms with Crippen LogP contribution < -0.4 is 5.73 Å². The predicted molar refractivity (Wildman–Crippen MR) is 58.5 cm³/mol. The van der Waals surface area contributed by atoms with Crippen molar-refractivity contribution >= 4 is 0 Å². The van der Waals surface area contributed by atoms with Gasteiger partial charge < -0.3 is 15.0 Å². The maximum absolute atomic E-state index is 5.95. The quantitative estimate of drug-likeness (QED) is 0.827. The standard InChI is InChI=1S/C11H19N3O2/c1-6(2)8(12)11-13-10(14-16-11)9(15-3)7-4-5-7/h6-9H,4-5,12H2,1-3H3/t8-,9?/m0/s1. The second-order valence-electron chi connectivity index (χ2n) is 4.75. The van der Waals surface area contributed by atoms with Crippen molar-refractivity contribution in [3.8, 4) is 0 Å². The molecule has 1 aromatic rings. The number of rotatable bonds is 5. The van der Waals surface area contributed by atoms with Crippen molar-refractivity contribution in [2.75, 3.05) is 7.11 Å². The number of hydrogen-bond acceptors (Lipinski definition) is 5. The van der Waals surface area contributed by atoms with Crippen LogP contribution in [0.3, 0.4) is 0 Å². The van der Waals surface area contributed by atoms with Crippen LogP contribution in [0.25, 0.3) is 0 Å². The molecule has 90 valence electrons. The summed E-state index contributed by atoms with van der Waals surface area (Å²) >= 11 is 0. The fraction of sp³-hybridized carbons (Fsp3) is 0.818. The van der Waals surface area contributed by atoms with Gasteiger partial charge in [-0.3, -0.25) is 0 Å². The summed E-state index contributed by atoms with van der Waals surface area (Å²) < 4.78 is 10.6. The molecule has 2 N–H and O–H groups in total. The van der Waals surface area contributed by atoms with Gasteiger partial charge in [-0.05, 0) is 24.7 Å². The Balaban J connectivity index is 2.11. The minimum Gasteiger partial charge on any atom is -0.373 e. The Morgan fingerprint density at radius 2 is 2.12 bits per heavy atom. The van der Waals surface area contributed by atoms with Crippen LogP contribution in [-0.2, 0) is 4.74 Å². The molecular formula is C11H19N3O2. The van der Waals surface area contributed by atoms with E-state index in [1.165, 1.54) is 12.8 Å². The molecular weight excluding hydrogens is 206 g/mol. The van der Waals surface area contributed by atoms with Crippen molar-refractivity contribution in [3.63, 3.8) is 0 Å². The van der Waals surface area contributed by atoms with Crippen LogP contribution in [0.4, 0.5) is 0 Å². The van der Waals surface area contributed by atoms with Crippen molar-refractivity contribution in [3.05, 3.63) is 11.7 Å². The molecule has 2 atom stereocenters. The largest absolute Gasteiger partial charge is 0.373 e. The summed E-state index contributed by atoms with van der Waals surface area (Å²) in [5.74, 6) is 1.98. The molecule has 1 aromatic heterocycles. The van der Waals surface area contributed by atoms with Crippen LogP contribution >= 0.6 is 0 Å². The first-order valence-electron chi connectivity index (χ1n) is 5.75. The van der Waals surface area contributed by atoms with Gasteiger partial charge >= 0.3 is 0 Å². The van der Waals surface area contributed by atoms with Gasteiger partial charge in [0.05, 0.1) is 6.04 Å². The highest BCUT2D eigenvalue weighted by atomic mass is 16.5. The lowest BCUT2D eigenvalue weighted by atomic mass is 10.1. The Hall–Kier alpha value is -0.940. The van der Waals surface area contributed by atoms with Gasteiger partial charge in [-0.15, -0.1) is 0 Å². The first kappa shape index (κ1) is 11.5. The van der Waals surface area contributed by atoms with Crippen LogP contribution in [0.5, 0.6) is 0 Å². The van der Waals surface area contributed by atoms with E-state index in [1.807, 2.05) is 13.8 Å². The van der Waals surface area contributed by atoms with Gasteiger partial charge in [0.1, 0.15) is 6.10 Å². The monoisotopic (exact) mass is 225 g/mol. The second-order valence-corrected chi connectivity index (χ2v) is 4.75. The van der Waals surface area contributed by atoms with Crippen LogP contribution in [0, 0.1) is 11.8 Å². The van der Waals surface area contributed by atoms with Gasteiger partial charge in [0, 0.05) is 7.11 Å². The number of nitrogens with zero attached hydrogens (tertiary/aromatic N) is 2. The van der Waals surface area contributed by atoms with Crippen LogP contribution in [-0.4, -0.2) is 17.3 Å². The van der Waals surface area contributed by atoms with Gasteiger partial charge in [-0.2, -0.15) is 4.98 Å². The zero-order chi connectivity index (χ0) is 11.7. The highest BCUT2D eigenvalue weighted by Gasteiger charge is 2.36. The van der Waals surface area contributed by atoms with Crippen molar-refractivity contribution in [2.24, 2.45) is 17.6 Å². The lowest BCUT2D eigenvalue weighted by Crippen LogP contribution is -2.17. The molecule has 1 unspecified atom stereocenters. The number of nitrogens with two attached hydrogens (primary N) is 1. The third-order valence-corrected chi connectivity index (χ3v) is 3.02. The lowest BCUT2D eigenvalue weighted by Gasteiger charge is -2.10. The van der Waals surface area contributed by atoms with E-state index in [-0.39, 0.29) is 18.1 Å². The molecule has 2 rings (SSSR count). The summed E-state index contributed by atoms with van der Waals surface area (Å²) in [5, 5.41) is 3.96. The van der Waals surface area contributed by atoms with E-state index in [4.69, 9.17) is 15.0 Å². The normalized spacial score (nSPS) is 20.1. The molecule has 0 saturated heterocycles. The summed E-state index contributed by atoms with van der Waals surface area (Å²) in [4.78, 5) is 4.34. The average Bonchev–Trinajstić information content (AvgIpc) is 2.96. The Morgan fingerprint density at radius 1 is 1.44 bits per heavy atom. The smallest absolute Gasteiger partial charge is 0.243 e. The van der Waals surface area contributed by atoms with E-state index in [0.717, 1.165) is 0 Å². The molecule has 16 heavy (non-hydrogen) atoms. The van der Waals surface area contributed by atoms with Crippen molar-refractivity contribution < 1.29 is 9.26 Å². The number of ether oxygens (including phenoxy) is 1. The van der Waals surface area contributed by atoms with Crippen molar-refractivity contribution in [2.45, 2.75) is 38.8 Å². The topological polar surface area (TPSA) is 74.2 Å². The molecule has 1 heterocycles. The first-order chi connectivity index (χ1) is 7.63. The van der Waals surface area contributed by atoms with E-state index in [1.54, 1.807) is 7.11 Å². The van der Waals surface area contributed by atoms with Gasteiger partial charge in [0.25, 0.3) is 0 Å². The fourth-order valence-corrected chi connectivity index (χ4v) is 1.69. The van der Waals surface area contributed by atoms with Crippen LogP contribution in [0.1, 0.15) is 50.6 Å². The fourth-order valence-electron chi connectivity index (χ4n) is 1.69. The molecule has 0 aliphatic heterocycles. The maximum atomic E-state index is 5.95. The van der Waals surface area contributed by atoms with E-state index < -0.39 is 0 Å². The third kappa shape index (κ3) is 2.25. The molecule has 0 radical (unpaired) electrons. The third-order valence-electron chi connectivity index (χ3n) is 3.02. The molecule has 0 amide bonds. The summed E-state index contributed by atoms with van der Waals surface area (Å²) in [5.41, 5.74) is 5.95. The maximum Gasteiger partial charge on any atom is 0.243 e. The van der Waals surface area contributed by atoms with Gasteiger partial charge in [0.2, 0.25) is 11.7 Å². The predicted octanol–water partition coefficient (Wildman–Crippen LogP) is 1.82. The van der Waals surface area contributed by atoms with Gasteiger partial charge in [-0.1, -0.05) is 19.0 Å². The van der Waals surface area contributed by atoms with Crippen LogP contribution in [0.15, 0.2) is 4.52 Å². The Labute approximate surface area is 95.3 Å². The summed E-state index contributed by atoms with van der Waals surface area (Å²) in [6.45, 7) is 4.06. The molecule has 0 bridgehead atoms. The zero-order valence-corrected chi connectivity index (χ0v) is 10.0. The van der Waals surface area contributed by atoms with Gasteiger partial charge in [-0.25, -0.2) is 0 Å². The summed E-state index contributed by atoms with van der Waals surface area (Å²) in [6.07, 6.45) is 2.33. The summed E-state index contributed by atoms with van der Waals surface area (Å²) in [6, 6.07) is -0.196. The van der Waals surface area contributed by atoms with E-state index in [0.29, 0.717) is 17.6 Å². The Morgan fingerprint density at radius 3 is 2.62 bits per heavy atom. The minimum absolute atomic E-state index is 0.0307. The SMILES string of the molecule is COC(c1noc([C@@H](N)C(C)C)n1)C1CC1. The number of aromatic nitrogens is 2. The zero-order valence-electron chi connectivity index (χ0n) is 10.0. The molecule has 1 fully saturated rings. The lowest BCUT2D eigenvalue weighted by molar-refractivity contribution is 0.0751. The second kappa shape index (κ2) is 4.51. The first-order valence-corrected chi connectivity index (χ1v) is 5.75. The molecule has 1 saturated carbocycles. The highest BCUT2D eigenvalue weighted by molar-refractivity contribution is 5.00. The molecule has 5 nitrogen and oxygen atoms in total. The Kier molecular flexibility index (Phi) is 3.25. The van der Waals surface area contributed by atoms with Gasteiger partial charge in [0.15, 0.2) is 0 Å². The highest BCUT2D eigenvalue weighted by Crippen LogP contribution is 2.42. The van der Waals surface area contributed by atoms with Crippen LogP contribution in [0.2, 0.25) is 0 Å². The molecule has 0 aromatic carbocycles. The molecule has 1 aliphatic carbocycles. The molecule has 0 spiro atoms. The Bertz CT molecular complexity index is 347. The van der Waals surface area contributed by atoms with Crippen molar-refractivity contribution in [1.82, 2.24) is 10.1 Å². The van der Waals surface area contributed by atoms with E-state index in [9.17, 15) is 0 Å². The van der Waals surface area contributed by atoms with E-state index in [2.05, 4.69) is 10.1 Å². The van der Waals surface area contributed by atoms with E-state index >= 15 is 0 Å². The molecule has 1 aliphatic rings. The average molecular weight is 225 g/mol. The number of hydrogen-bond donors (Lipinski definition) is 1. The van der Waals surface area contributed by atoms with Crippen molar-refractivity contribution in [1.29, 1.82) is 0 Å².